The minimum absolute atomic E-state index is 0.0365. The molecule has 0 saturated heterocycles. The molecule has 3 heteroatoms. The third-order valence-corrected chi connectivity index (χ3v) is 4.79. The first kappa shape index (κ1) is 15.2. The van der Waals surface area contributed by atoms with Crippen LogP contribution < -0.4 is 0 Å². The van der Waals surface area contributed by atoms with Crippen LogP contribution in [0, 0.1) is 22.2 Å². The monoisotopic (exact) mass is 254 g/mol. The number of carbonyl (C=O) groups excluding carboxylic acids is 2. The predicted octanol–water partition coefficient (Wildman–Crippen LogP) is 3.22. The molecular weight excluding hydrogens is 228 g/mol. The maximum absolute atomic E-state index is 12.4. The topological polar surface area (TPSA) is 43.4 Å². The van der Waals surface area contributed by atoms with Crippen molar-refractivity contribution in [1.82, 2.24) is 0 Å². The van der Waals surface area contributed by atoms with E-state index < -0.39 is 5.41 Å². The largest absolute Gasteiger partial charge is 0.466 e. The minimum Gasteiger partial charge on any atom is -0.466 e. The molecule has 0 aromatic rings. The van der Waals surface area contributed by atoms with Gasteiger partial charge < -0.3 is 4.74 Å². The Labute approximate surface area is 110 Å². The third kappa shape index (κ3) is 2.32. The second-order valence-corrected chi connectivity index (χ2v) is 7.12. The lowest BCUT2D eigenvalue weighted by molar-refractivity contribution is -0.155. The number of carbonyl (C=O) groups is 2. The van der Waals surface area contributed by atoms with Crippen molar-refractivity contribution in [1.29, 1.82) is 0 Å². The molecule has 0 heterocycles. The van der Waals surface area contributed by atoms with Crippen LogP contribution in [0.1, 0.15) is 54.9 Å². The summed E-state index contributed by atoms with van der Waals surface area (Å²) in [5.74, 6) is -0.0450. The molecular formula is C15H26O3. The standard InChI is InChI=1S/C15H26O3/c1-8-18-12(17)13(2,3)9-10(16)11-14(4,5)15(11,6)7/h11H,8-9H2,1-7H3. The van der Waals surface area contributed by atoms with Crippen LogP contribution in [0.3, 0.4) is 0 Å². The fourth-order valence-electron chi connectivity index (χ4n) is 2.94. The molecule has 1 fully saturated rings. The van der Waals surface area contributed by atoms with Crippen LogP contribution >= 0.6 is 0 Å². The van der Waals surface area contributed by atoms with Crippen LogP contribution in [0.15, 0.2) is 0 Å². The molecule has 1 saturated carbocycles. The van der Waals surface area contributed by atoms with Gasteiger partial charge in [-0.2, -0.15) is 0 Å². The lowest BCUT2D eigenvalue weighted by Gasteiger charge is -2.21. The molecule has 0 spiro atoms. The molecule has 1 aliphatic carbocycles. The lowest BCUT2D eigenvalue weighted by Crippen LogP contribution is -2.30. The molecule has 0 unspecified atom stereocenters. The lowest BCUT2D eigenvalue weighted by atomic mass is 9.85. The molecule has 104 valence electrons. The Balaban J connectivity index is 2.70. The van der Waals surface area contributed by atoms with Crippen LogP contribution in [-0.2, 0) is 14.3 Å². The molecule has 0 aromatic heterocycles. The van der Waals surface area contributed by atoms with E-state index >= 15 is 0 Å². The minimum atomic E-state index is -0.720. The van der Waals surface area contributed by atoms with Crippen molar-refractivity contribution in [2.75, 3.05) is 6.61 Å². The van der Waals surface area contributed by atoms with Crippen molar-refractivity contribution < 1.29 is 14.3 Å². The Bertz CT molecular complexity index is 350. The van der Waals surface area contributed by atoms with Gasteiger partial charge in [0.15, 0.2) is 0 Å². The molecule has 18 heavy (non-hydrogen) atoms. The first-order chi connectivity index (χ1) is 7.98. The predicted molar refractivity (Wildman–Crippen MR) is 71.1 cm³/mol. The van der Waals surface area contributed by atoms with Crippen LogP contribution in [0.4, 0.5) is 0 Å². The zero-order valence-corrected chi connectivity index (χ0v) is 12.7. The average Bonchev–Trinajstić information content (AvgIpc) is 2.56. The first-order valence-electron chi connectivity index (χ1n) is 6.68. The van der Waals surface area contributed by atoms with Gasteiger partial charge in [-0.15, -0.1) is 0 Å². The van der Waals surface area contributed by atoms with Gasteiger partial charge in [0, 0.05) is 12.3 Å². The molecule has 1 rings (SSSR count). The maximum atomic E-state index is 12.4. The highest BCUT2D eigenvalue weighted by molar-refractivity contribution is 5.91. The van der Waals surface area contributed by atoms with Gasteiger partial charge in [-0.25, -0.2) is 0 Å². The smallest absolute Gasteiger partial charge is 0.311 e. The Hall–Kier alpha value is -0.860. The number of esters is 1. The molecule has 0 aliphatic heterocycles. The zero-order valence-electron chi connectivity index (χ0n) is 12.7. The highest BCUT2D eigenvalue weighted by atomic mass is 16.5. The van der Waals surface area contributed by atoms with Gasteiger partial charge >= 0.3 is 5.97 Å². The molecule has 0 amide bonds. The van der Waals surface area contributed by atoms with Crippen LogP contribution in [0.5, 0.6) is 0 Å². The second-order valence-electron chi connectivity index (χ2n) is 7.12. The molecule has 0 bridgehead atoms. The first-order valence-corrected chi connectivity index (χ1v) is 6.68. The fourth-order valence-corrected chi connectivity index (χ4v) is 2.94. The number of ether oxygens (including phenoxy) is 1. The molecule has 0 radical (unpaired) electrons. The van der Waals surface area contributed by atoms with E-state index in [0.29, 0.717) is 6.61 Å². The summed E-state index contributed by atoms with van der Waals surface area (Å²) in [7, 11) is 0. The quantitative estimate of drug-likeness (QED) is 0.707. The van der Waals surface area contributed by atoms with Crippen molar-refractivity contribution in [3.8, 4) is 0 Å². The van der Waals surface area contributed by atoms with E-state index in [2.05, 4.69) is 27.7 Å². The fraction of sp³-hybridized carbons (Fsp3) is 0.867. The Kier molecular flexibility index (Phi) is 3.68. The van der Waals surface area contributed by atoms with Crippen molar-refractivity contribution in [3.63, 3.8) is 0 Å². The van der Waals surface area contributed by atoms with Crippen molar-refractivity contribution in [2.45, 2.75) is 54.9 Å². The van der Waals surface area contributed by atoms with Crippen LogP contribution in [0.2, 0.25) is 0 Å². The highest BCUT2D eigenvalue weighted by Crippen LogP contribution is 2.69. The van der Waals surface area contributed by atoms with Gasteiger partial charge in [-0.1, -0.05) is 27.7 Å². The summed E-state index contributed by atoms with van der Waals surface area (Å²) in [4.78, 5) is 24.1. The molecule has 0 atom stereocenters. The normalized spacial score (nSPS) is 21.5. The third-order valence-electron chi connectivity index (χ3n) is 4.79. The van der Waals surface area contributed by atoms with Gasteiger partial charge in [0.05, 0.1) is 12.0 Å². The molecule has 0 aromatic carbocycles. The van der Waals surface area contributed by atoms with Gasteiger partial charge in [0.2, 0.25) is 0 Å². The number of ketones is 1. The Morgan fingerprint density at radius 3 is 1.89 bits per heavy atom. The Morgan fingerprint density at radius 1 is 1.11 bits per heavy atom. The van der Waals surface area contributed by atoms with Crippen molar-refractivity contribution >= 4 is 11.8 Å². The van der Waals surface area contributed by atoms with Crippen LogP contribution in [0.25, 0.3) is 0 Å². The van der Waals surface area contributed by atoms with E-state index in [1.165, 1.54) is 0 Å². The average molecular weight is 254 g/mol. The summed E-state index contributed by atoms with van der Waals surface area (Å²) >= 11 is 0. The summed E-state index contributed by atoms with van der Waals surface area (Å²) in [5.41, 5.74) is -0.647. The van der Waals surface area contributed by atoms with Crippen LogP contribution in [-0.4, -0.2) is 18.4 Å². The highest BCUT2D eigenvalue weighted by Gasteiger charge is 2.67. The molecule has 1 aliphatic rings. The number of Topliss-reactive ketones (excluding diaryl/α,β-unsaturated/α-hetero) is 1. The summed E-state index contributed by atoms with van der Waals surface area (Å²) < 4.78 is 5.02. The Morgan fingerprint density at radius 2 is 1.56 bits per heavy atom. The van der Waals surface area contributed by atoms with E-state index in [9.17, 15) is 9.59 Å². The van der Waals surface area contributed by atoms with Gasteiger partial charge in [0.25, 0.3) is 0 Å². The zero-order chi connectivity index (χ0) is 14.4. The van der Waals surface area contributed by atoms with E-state index in [1.54, 1.807) is 20.8 Å². The maximum Gasteiger partial charge on any atom is 0.311 e. The van der Waals surface area contributed by atoms with E-state index in [-0.39, 0.29) is 34.9 Å². The van der Waals surface area contributed by atoms with E-state index in [1.807, 2.05) is 0 Å². The van der Waals surface area contributed by atoms with E-state index in [4.69, 9.17) is 4.74 Å². The van der Waals surface area contributed by atoms with E-state index in [0.717, 1.165) is 0 Å². The summed E-state index contributed by atoms with van der Waals surface area (Å²) in [6.45, 7) is 14.2. The summed E-state index contributed by atoms with van der Waals surface area (Å²) in [6, 6.07) is 0. The van der Waals surface area contributed by atoms with Gasteiger partial charge in [0.1, 0.15) is 5.78 Å². The molecule has 3 nitrogen and oxygen atoms in total. The summed E-state index contributed by atoms with van der Waals surface area (Å²) in [5, 5.41) is 0. The van der Waals surface area contributed by atoms with Crippen molar-refractivity contribution in [2.24, 2.45) is 22.2 Å². The number of hydrogen-bond acceptors (Lipinski definition) is 3. The molecule has 0 N–H and O–H groups in total. The SMILES string of the molecule is CCOC(=O)C(C)(C)CC(=O)C1C(C)(C)C1(C)C. The number of rotatable bonds is 5. The summed E-state index contributed by atoms with van der Waals surface area (Å²) in [6.07, 6.45) is 0.267. The number of hydrogen-bond donors (Lipinski definition) is 0. The van der Waals surface area contributed by atoms with Gasteiger partial charge in [-0.3, -0.25) is 9.59 Å². The van der Waals surface area contributed by atoms with Gasteiger partial charge in [-0.05, 0) is 31.6 Å². The second kappa shape index (κ2) is 4.36. The van der Waals surface area contributed by atoms with Crippen molar-refractivity contribution in [3.05, 3.63) is 0 Å².